The Labute approximate surface area is 139 Å². The number of nitrogens with one attached hydrogen (secondary N) is 2. The number of non-ortho nitro benzene ring substituents is 1. The molecule has 0 aliphatic heterocycles. The van der Waals surface area contributed by atoms with Crippen molar-refractivity contribution >= 4 is 17.3 Å². The number of hydrogen-bond donors (Lipinski definition) is 2. The Morgan fingerprint density at radius 1 is 1.08 bits per heavy atom. The molecule has 24 heavy (non-hydrogen) atoms. The van der Waals surface area contributed by atoms with Crippen LogP contribution < -0.4 is 10.8 Å². The number of carbonyl (C=O) groups excluding carboxylic acids is 1. The maximum Gasteiger partial charge on any atom is 0.269 e. The van der Waals surface area contributed by atoms with E-state index in [0.29, 0.717) is 26.0 Å². The molecule has 0 fully saturated rings. The van der Waals surface area contributed by atoms with Crippen LogP contribution in [-0.2, 0) is 16.2 Å². The first-order valence-corrected chi connectivity index (χ1v) is 7.58. The van der Waals surface area contributed by atoms with Gasteiger partial charge in [-0.15, -0.1) is 0 Å². The summed E-state index contributed by atoms with van der Waals surface area (Å²) in [5.74, 6) is -0.184. The van der Waals surface area contributed by atoms with Gasteiger partial charge < -0.3 is 5.32 Å². The zero-order valence-corrected chi connectivity index (χ0v) is 13.1. The standard InChI is InChI=1S/C17H19N3O4/c21-17(19-24-13-14-5-2-1-3-6-14)7-4-12-18-15-8-10-16(11-9-15)20(22)23/h1-3,5-6,8-11,18H,4,7,12-13H2,(H,19,21). The first-order valence-electron chi connectivity index (χ1n) is 7.58. The van der Waals surface area contributed by atoms with Gasteiger partial charge in [0, 0.05) is 30.8 Å². The van der Waals surface area contributed by atoms with Crippen molar-refractivity contribution in [3.63, 3.8) is 0 Å². The highest BCUT2D eigenvalue weighted by Crippen LogP contribution is 2.15. The highest BCUT2D eigenvalue weighted by Gasteiger charge is 2.04. The van der Waals surface area contributed by atoms with Crippen LogP contribution in [0.5, 0.6) is 0 Å². The highest BCUT2D eigenvalue weighted by atomic mass is 16.6. The van der Waals surface area contributed by atoms with Crippen molar-refractivity contribution in [3.05, 3.63) is 70.3 Å². The molecule has 1 amide bonds. The second-order valence-corrected chi connectivity index (χ2v) is 5.13. The summed E-state index contributed by atoms with van der Waals surface area (Å²) in [4.78, 5) is 26.9. The maximum absolute atomic E-state index is 11.6. The lowest BCUT2D eigenvalue weighted by Gasteiger charge is -2.07. The number of hydrogen-bond acceptors (Lipinski definition) is 5. The number of nitro benzene ring substituents is 1. The van der Waals surface area contributed by atoms with Gasteiger partial charge in [-0.05, 0) is 24.1 Å². The summed E-state index contributed by atoms with van der Waals surface area (Å²) in [5, 5.41) is 13.7. The molecule has 0 aromatic heterocycles. The molecular formula is C17H19N3O4. The Hall–Kier alpha value is -2.93. The maximum atomic E-state index is 11.6. The predicted octanol–water partition coefficient (Wildman–Crippen LogP) is 3.03. The average Bonchev–Trinajstić information content (AvgIpc) is 2.60. The fraction of sp³-hybridized carbons (Fsp3) is 0.235. The van der Waals surface area contributed by atoms with Crippen LogP contribution in [0.25, 0.3) is 0 Å². The summed E-state index contributed by atoms with van der Waals surface area (Å²) in [5.41, 5.74) is 4.22. The van der Waals surface area contributed by atoms with Gasteiger partial charge in [-0.3, -0.25) is 19.7 Å². The van der Waals surface area contributed by atoms with E-state index in [1.807, 2.05) is 30.3 Å². The zero-order chi connectivity index (χ0) is 17.2. The van der Waals surface area contributed by atoms with E-state index >= 15 is 0 Å². The van der Waals surface area contributed by atoms with E-state index in [0.717, 1.165) is 11.3 Å². The van der Waals surface area contributed by atoms with E-state index in [4.69, 9.17) is 4.84 Å². The number of nitrogens with zero attached hydrogens (tertiary/aromatic N) is 1. The van der Waals surface area contributed by atoms with Gasteiger partial charge in [0.1, 0.15) is 0 Å². The van der Waals surface area contributed by atoms with Crippen LogP contribution in [0.15, 0.2) is 54.6 Å². The first kappa shape index (κ1) is 17.4. The van der Waals surface area contributed by atoms with E-state index in [9.17, 15) is 14.9 Å². The molecule has 0 spiro atoms. The van der Waals surface area contributed by atoms with Crippen molar-refractivity contribution in [1.29, 1.82) is 0 Å². The van der Waals surface area contributed by atoms with Gasteiger partial charge in [-0.1, -0.05) is 30.3 Å². The molecule has 0 heterocycles. The van der Waals surface area contributed by atoms with E-state index in [1.54, 1.807) is 12.1 Å². The summed E-state index contributed by atoms with van der Waals surface area (Å²) in [6.07, 6.45) is 0.951. The Morgan fingerprint density at radius 2 is 1.79 bits per heavy atom. The first-order chi connectivity index (χ1) is 11.6. The largest absolute Gasteiger partial charge is 0.385 e. The SMILES string of the molecule is O=C(CCCNc1ccc([N+](=O)[O-])cc1)NOCc1ccccc1. The average molecular weight is 329 g/mol. The van der Waals surface area contributed by atoms with Crippen LogP contribution in [0.1, 0.15) is 18.4 Å². The summed E-state index contributed by atoms with van der Waals surface area (Å²) in [6.45, 7) is 0.914. The summed E-state index contributed by atoms with van der Waals surface area (Å²) < 4.78 is 0. The van der Waals surface area contributed by atoms with Gasteiger partial charge in [0.25, 0.3) is 5.69 Å². The minimum atomic E-state index is -0.441. The molecule has 0 radical (unpaired) electrons. The highest BCUT2D eigenvalue weighted by molar-refractivity contribution is 5.74. The van der Waals surface area contributed by atoms with Gasteiger partial charge in [0.15, 0.2) is 0 Å². The molecule has 7 heteroatoms. The van der Waals surface area contributed by atoms with Gasteiger partial charge in [-0.25, -0.2) is 5.48 Å². The molecule has 2 aromatic rings. The smallest absolute Gasteiger partial charge is 0.269 e. The summed E-state index contributed by atoms with van der Waals surface area (Å²) in [7, 11) is 0. The minimum absolute atomic E-state index is 0.0514. The third-order valence-electron chi connectivity index (χ3n) is 3.26. The molecule has 0 atom stereocenters. The molecule has 0 aliphatic rings. The lowest BCUT2D eigenvalue weighted by Crippen LogP contribution is -2.23. The van der Waals surface area contributed by atoms with Crippen LogP contribution in [0.4, 0.5) is 11.4 Å². The van der Waals surface area contributed by atoms with Crippen molar-refractivity contribution < 1.29 is 14.6 Å². The minimum Gasteiger partial charge on any atom is -0.385 e. The Kier molecular flexibility index (Phi) is 6.73. The van der Waals surface area contributed by atoms with Crippen LogP contribution in [0, 0.1) is 10.1 Å². The number of amides is 1. The van der Waals surface area contributed by atoms with Gasteiger partial charge in [0.2, 0.25) is 5.91 Å². The second-order valence-electron chi connectivity index (χ2n) is 5.13. The lowest BCUT2D eigenvalue weighted by molar-refractivity contribution is -0.384. The quantitative estimate of drug-likeness (QED) is 0.419. The van der Waals surface area contributed by atoms with E-state index in [2.05, 4.69) is 10.8 Å². The molecule has 2 N–H and O–H groups in total. The number of anilines is 1. The fourth-order valence-corrected chi connectivity index (χ4v) is 2.01. The van der Waals surface area contributed by atoms with E-state index in [1.165, 1.54) is 12.1 Å². The van der Waals surface area contributed by atoms with Gasteiger partial charge >= 0.3 is 0 Å². The number of nitro groups is 1. The van der Waals surface area contributed by atoms with Crippen molar-refractivity contribution in [3.8, 4) is 0 Å². The number of hydroxylamine groups is 1. The Morgan fingerprint density at radius 3 is 2.46 bits per heavy atom. The molecular weight excluding hydrogens is 310 g/mol. The topological polar surface area (TPSA) is 93.5 Å². The van der Waals surface area contributed by atoms with Crippen LogP contribution >= 0.6 is 0 Å². The lowest BCUT2D eigenvalue weighted by atomic mass is 10.2. The third kappa shape index (κ3) is 6.05. The van der Waals surface area contributed by atoms with Crippen molar-refractivity contribution in [2.45, 2.75) is 19.4 Å². The van der Waals surface area contributed by atoms with Crippen molar-refractivity contribution in [2.24, 2.45) is 0 Å². The number of rotatable bonds is 9. The molecule has 2 rings (SSSR count). The van der Waals surface area contributed by atoms with Crippen LogP contribution in [0.2, 0.25) is 0 Å². The van der Waals surface area contributed by atoms with Crippen LogP contribution in [0.3, 0.4) is 0 Å². The molecule has 0 saturated carbocycles. The molecule has 0 aliphatic carbocycles. The van der Waals surface area contributed by atoms with Gasteiger partial charge in [0.05, 0.1) is 11.5 Å². The monoisotopic (exact) mass is 329 g/mol. The molecule has 0 unspecified atom stereocenters. The summed E-state index contributed by atoms with van der Waals surface area (Å²) in [6, 6.07) is 15.7. The summed E-state index contributed by atoms with van der Waals surface area (Å²) >= 11 is 0. The molecule has 126 valence electrons. The number of carbonyl (C=O) groups is 1. The molecule has 0 saturated heterocycles. The van der Waals surface area contributed by atoms with E-state index < -0.39 is 4.92 Å². The van der Waals surface area contributed by atoms with Crippen LogP contribution in [-0.4, -0.2) is 17.4 Å². The van der Waals surface area contributed by atoms with E-state index in [-0.39, 0.29) is 11.6 Å². The second kappa shape index (κ2) is 9.26. The Balaban J connectivity index is 1.58. The number of benzene rings is 2. The van der Waals surface area contributed by atoms with Crippen molar-refractivity contribution in [1.82, 2.24) is 5.48 Å². The third-order valence-corrected chi connectivity index (χ3v) is 3.26. The zero-order valence-electron chi connectivity index (χ0n) is 13.1. The molecule has 2 aromatic carbocycles. The fourth-order valence-electron chi connectivity index (χ4n) is 2.01. The molecule has 0 bridgehead atoms. The van der Waals surface area contributed by atoms with Crippen molar-refractivity contribution in [2.75, 3.05) is 11.9 Å². The normalized spacial score (nSPS) is 10.2. The Bertz CT molecular complexity index is 659. The predicted molar refractivity (Wildman–Crippen MR) is 90.2 cm³/mol. The van der Waals surface area contributed by atoms with Gasteiger partial charge in [-0.2, -0.15) is 0 Å². The molecule has 7 nitrogen and oxygen atoms in total.